The molecule has 0 heterocycles. The van der Waals surface area contributed by atoms with E-state index in [0.717, 1.165) is 0 Å². The third-order valence-electron chi connectivity index (χ3n) is 1.73. The van der Waals surface area contributed by atoms with Gasteiger partial charge in [-0.2, -0.15) is 39.5 Å². The largest absolute Gasteiger partial charge is 0.424 e. The summed E-state index contributed by atoms with van der Waals surface area (Å²) >= 11 is 0. The molecule has 0 aromatic rings. The van der Waals surface area contributed by atoms with Gasteiger partial charge in [-0.15, -0.1) is 0 Å². The predicted molar refractivity (Wildman–Crippen MR) is 34.4 cm³/mol. The smallest absolute Gasteiger partial charge is 0.301 e. The first kappa shape index (κ1) is 15.5. The van der Waals surface area contributed by atoms with Gasteiger partial charge in [-0.3, -0.25) is 0 Å². The normalized spacial score (nSPS) is 15.8. The lowest BCUT2D eigenvalue weighted by atomic mass is 9.97. The van der Waals surface area contributed by atoms with Crippen LogP contribution in [-0.4, -0.2) is 46.1 Å². The predicted octanol–water partition coefficient (Wildman–Crippen LogP) is 2.43. The molecule has 0 aromatic carbocycles. The summed E-state index contributed by atoms with van der Waals surface area (Å²) in [5, 5.41) is 0. The van der Waals surface area contributed by atoms with Crippen molar-refractivity contribution in [3.8, 4) is 0 Å². The number of alkyl halides is 9. The fourth-order valence-corrected chi connectivity index (χ4v) is 1.43. The molecular weight excluding hydrogens is 273 g/mol. The van der Waals surface area contributed by atoms with Crippen LogP contribution in [0.5, 0.6) is 0 Å². The third-order valence-corrected chi connectivity index (χ3v) is 2.07. The molecule has 3 radical (unpaired) electrons. The van der Waals surface area contributed by atoms with E-state index in [-0.39, 0.29) is 7.05 Å². The maximum Gasteiger partial charge on any atom is 0.424 e. The first-order valence-corrected chi connectivity index (χ1v) is 3.79. The Morgan fingerprint density at radius 3 is 0.875 bits per heavy atom. The van der Waals surface area contributed by atoms with Crippen molar-refractivity contribution in [2.75, 3.05) is 7.05 Å². The van der Waals surface area contributed by atoms with Crippen LogP contribution in [0.25, 0.3) is 0 Å². The van der Waals surface area contributed by atoms with E-state index in [1.54, 1.807) is 10.4 Å². The first-order chi connectivity index (χ1) is 6.69. The molecule has 0 spiro atoms. The standard InChI is InChI=1S/C5H3F9NSi/c1-15(16)2(3(6,7)8,4(9,10)11)5(12,13)14/h1H3. The Kier molecular flexibility index (Phi) is 3.68. The second kappa shape index (κ2) is 3.79. The van der Waals surface area contributed by atoms with Crippen LogP contribution in [0.3, 0.4) is 0 Å². The Morgan fingerprint density at radius 1 is 0.688 bits per heavy atom. The molecule has 11 heteroatoms. The summed E-state index contributed by atoms with van der Waals surface area (Å²) in [5.41, 5.74) is -5.94. The van der Waals surface area contributed by atoms with Gasteiger partial charge >= 0.3 is 24.1 Å². The molecule has 0 amide bonds. The molecule has 0 aliphatic carbocycles. The van der Waals surface area contributed by atoms with Crippen molar-refractivity contribution < 1.29 is 39.5 Å². The van der Waals surface area contributed by atoms with Crippen molar-refractivity contribution in [2.24, 2.45) is 0 Å². The van der Waals surface area contributed by atoms with E-state index in [0.29, 0.717) is 0 Å². The monoisotopic (exact) mass is 276 g/mol. The Balaban J connectivity index is 6.05. The molecule has 0 fully saturated rings. The molecule has 95 valence electrons. The molecular formula is C5H3F9NSi. The Labute approximate surface area is 86.7 Å². The van der Waals surface area contributed by atoms with Gasteiger partial charge in [0.05, 0.1) is 0 Å². The summed E-state index contributed by atoms with van der Waals surface area (Å²) in [5.74, 6) is 0. The molecule has 0 saturated heterocycles. The highest BCUT2D eigenvalue weighted by atomic mass is 28.2. The molecule has 0 unspecified atom stereocenters. The minimum absolute atomic E-state index is 0.0225. The van der Waals surface area contributed by atoms with Gasteiger partial charge in [-0.05, 0) is 7.05 Å². The minimum Gasteiger partial charge on any atom is -0.301 e. The van der Waals surface area contributed by atoms with Crippen LogP contribution in [0.1, 0.15) is 0 Å². The quantitative estimate of drug-likeness (QED) is 0.525. The van der Waals surface area contributed by atoms with E-state index in [2.05, 4.69) is 0 Å². The highest BCUT2D eigenvalue weighted by Crippen LogP contribution is 2.54. The molecule has 16 heavy (non-hydrogen) atoms. The lowest BCUT2D eigenvalue weighted by Crippen LogP contribution is -2.73. The number of halogens is 9. The maximum atomic E-state index is 12.1. The van der Waals surface area contributed by atoms with E-state index < -0.39 is 28.6 Å². The zero-order valence-corrected chi connectivity index (χ0v) is 8.35. The molecule has 0 bridgehead atoms. The maximum absolute atomic E-state index is 12.1. The lowest BCUT2D eigenvalue weighted by molar-refractivity contribution is -0.407. The Morgan fingerprint density at radius 2 is 0.875 bits per heavy atom. The summed E-state index contributed by atoms with van der Waals surface area (Å²) < 4.78 is 108. The van der Waals surface area contributed by atoms with Crippen LogP contribution in [-0.2, 0) is 0 Å². The van der Waals surface area contributed by atoms with Crippen LogP contribution in [0.15, 0.2) is 0 Å². The number of rotatable bonds is 1. The summed E-state index contributed by atoms with van der Waals surface area (Å²) in [6.45, 7) is 0. The van der Waals surface area contributed by atoms with Gasteiger partial charge < -0.3 is 4.57 Å². The summed E-state index contributed by atoms with van der Waals surface area (Å²) in [7, 11) is 1.61. The van der Waals surface area contributed by atoms with Gasteiger partial charge in [0.1, 0.15) is 10.4 Å². The minimum atomic E-state index is -6.57. The van der Waals surface area contributed by atoms with Crippen LogP contribution in [0.4, 0.5) is 39.5 Å². The van der Waals surface area contributed by atoms with E-state index in [4.69, 9.17) is 0 Å². The molecule has 0 aliphatic rings. The van der Waals surface area contributed by atoms with E-state index in [1.165, 1.54) is 0 Å². The summed E-state index contributed by atoms with van der Waals surface area (Å²) in [6, 6.07) is 0. The van der Waals surface area contributed by atoms with Crippen molar-refractivity contribution in [3.05, 3.63) is 0 Å². The second-order valence-electron chi connectivity index (χ2n) is 2.76. The second-order valence-corrected chi connectivity index (χ2v) is 3.43. The van der Waals surface area contributed by atoms with E-state index in [1.807, 2.05) is 0 Å². The van der Waals surface area contributed by atoms with E-state index in [9.17, 15) is 39.5 Å². The zero-order chi connectivity index (χ0) is 13.6. The van der Waals surface area contributed by atoms with Gasteiger partial charge in [0, 0.05) is 0 Å². The summed E-state index contributed by atoms with van der Waals surface area (Å²) in [4.78, 5) is 0. The summed E-state index contributed by atoms with van der Waals surface area (Å²) in [6.07, 6.45) is -19.7. The van der Waals surface area contributed by atoms with Gasteiger partial charge in [0.2, 0.25) is 0 Å². The van der Waals surface area contributed by atoms with Crippen LogP contribution >= 0.6 is 0 Å². The molecule has 0 saturated carbocycles. The van der Waals surface area contributed by atoms with Crippen molar-refractivity contribution in [2.45, 2.75) is 24.1 Å². The number of hydrogen-bond donors (Lipinski definition) is 0. The number of hydrogen-bond acceptors (Lipinski definition) is 1. The highest BCUT2D eigenvalue weighted by Gasteiger charge is 2.84. The van der Waals surface area contributed by atoms with Crippen molar-refractivity contribution in [1.29, 1.82) is 0 Å². The highest BCUT2D eigenvalue weighted by molar-refractivity contribution is 6.05. The lowest BCUT2D eigenvalue weighted by Gasteiger charge is -2.42. The molecule has 0 atom stereocenters. The first-order valence-electron chi connectivity index (χ1n) is 3.35. The van der Waals surface area contributed by atoms with Crippen molar-refractivity contribution >= 4 is 10.4 Å². The van der Waals surface area contributed by atoms with E-state index >= 15 is 0 Å². The SMILES string of the molecule is CN([Si])C(C(F)(F)F)(C(F)(F)F)C(F)(F)F. The molecule has 0 aliphatic heterocycles. The molecule has 0 aromatic heterocycles. The average molecular weight is 276 g/mol. The van der Waals surface area contributed by atoms with Gasteiger partial charge in [-0.1, -0.05) is 0 Å². The van der Waals surface area contributed by atoms with Gasteiger partial charge in [0.25, 0.3) is 0 Å². The van der Waals surface area contributed by atoms with Gasteiger partial charge in [-0.25, -0.2) is 0 Å². The van der Waals surface area contributed by atoms with Crippen LogP contribution in [0, 0.1) is 0 Å². The number of nitrogens with zero attached hydrogens (tertiary/aromatic N) is 1. The van der Waals surface area contributed by atoms with Crippen LogP contribution in [0.2, 0.25) is 0 Å². The fraction of sp³-hybridized carbons (Fsp3) is 1.00. The zero-order valence-electron chi connectivity index (χ0n) is 7.35. The third kappa shape index (κ3) is 2.01. The Bertz CT molecular complexity index is 212. The van der Waals surface area contributed by atoms with Gasteiger partial charge in [0.15, 0.2) is 0 Å². The Hall–Kier alpha value is -0.453. The van der Waals surface area contributed by atoms with Crippen molar-refractivity contribution in [1.82, 2.24) is 4.57 Å². The molecule has 0 N–H and O–H groups in total. The van der Waals surface area contributed by atoms with Crippen molar-refractivity contribution in [3.63, 3.8) is 0 Å². The molecule has 0 rings (SSSR count). The average Bonchev–Trinajstić information content (AvgIpc) is 1.71. The molecule has 1 nitrogen and oxygen atoms in total. The topological polar surface area (TPSA) is 3.24 Å². The van der Waals surface area contributed by atoms with Crippen LogP contribution < -0.4 is 0 Å². The fourth-order valence-electron chi connectivity index (χ4n) is 1.05.